The number of nitro groups is 2. The molecule has 0 unspecified atom stereocenters. The van der Waals surface area contributed by atoms with Gasteiger partial charge in [-0.25, -0.2) is 0 Å². The summed E-state index contributed by atoms with van der Waals surface area (Å²) in [7, 11) is -4.39. The average molecular weight is 402 g/mol. The summed E-state index contributed by atoms with van der Waals surface area (Å²) in [4.78, 5) is 22.3. The molecule has 0 radical (unpaired) electrons. The number of sulfonamides is 1. The van der Waals surface area contributed by atoms with Crippen molar-refractivity contribution in [2.75, 3.05) is 24.6 Å². The van der Waals surface area contributed by atoms with E-state index in [0.29, 0.717) is 32.3 Å². The van der Waals surface area contributed by atoms with Crippen LogP contribution in [0, 0.1) is 20.2 Å². The van der Waals surface area contributed by atoms with Gasteiger partial charge in [-0.1, -0.05) is 13.8 Å². The Morgan fingerprint density at radius 2 is 1.56 bits per heavy atom. The summed E-state index contributed by atoms with van der Waals surface area (Å²) in [5.41, 5.74) is -1.52. The molecule has 0 fully saturated rings. The molecule has 27 heavy (non-hydrogen) atoms. The molecule has 12 heteroatoms. The fraction of sp³-hybridized carbons (Fsp3) is 0.533. The minimum absolute atomic E-state index is 0.168. The van der Waals surface area contributed by atoms with Gasteiger partial charge in [-0.2, -0.15) is 8.42 Å². The van der Waals surface area contributed by atoms with Gasteiger partial charge in [0.25, 0.3) is 10.0 Å². The third kappa shape index (κ3) is 5.61. The van der Waals surface area contributed by atoms with Gasteiger partial charge in [-0.05, 0) is 19.8 Å². The molecule has 11 nitrogen and oxygen atoms in total. The van der Waals surface area contributed by atoms with E-state index in [1.807, 2.05) is 13.8 Å². The van der Waals surface area contributed by atoms with Crippen LogP contribution in [0.1, 0.15) is 33.6 Å². The number of nitrogens with zero attached hydrogens (tertiary/aromatic N) is 4. The van der Waals surface area contributed by atoms with Crippen LogP contribution in [0.5, 0.6) is 0 Å². The predicted octanol–water partition coefficient (Wildman–Crippen LogP) is 2.88. The Morgan fingerprint density at radius 3 is 1.93 bits per heavy atom. The molecule has 0 aliphatic heterocycles. The van der Waals surface area contributed by atoms with Crippen LogP contribution in [0.4, 0.5) is 17.1 Å². The number of ether oxygens (including phenoxy) is 1. The Bertz CT molecular complexity index is 782. The second-order valence-corrected chi connectivity index (χ2v) is 7.08. The van der Waals surface area contributed by atoms with E-state index < -0.39 is 36.1 Å². The summed E-state index contributed by atoms with van der Waals surface area (Å²) in [6, 6.07) is 1.58. The lowest BCUT2D eigenvalue weighted by Gasteiger charge is -2.23. The summed E-state index contributed by atoms with van der Waals surface area (Å²) >= 11 is 0. The van der Waals surface area contributed by atoms with Crippen LogP contribution in [0.3, 0.4) is 0 Å². The molecule has 0 spiro atoms. The first kappa shape index (κ1) is 22.3. The van der Waals surface area contributed by atoms with Gasteiger partial charge in [0.1, 0.15) is 4.90 Å². The van der Waals surface area contributed by atoms with Crippen molar-refractivity contribution in [1.29, 1.82) is 0 Å². The number of nitro benzene ring substituents is 2. The van der Waals surface area contributed by atoms with E-state index in [0.717, 1.165) is 12.1 Å². The molecule has 1 aromatic carbocycles. The van der Waals surface area contributed by atoms with Gasteiger partial charge in [0.05, 0.1) is 16.5 Å². The highest BCUT2D eigenvalue weighted by molar-refractivity contribution is 7.90. The number of anilines is 1. The molecule has 0 aliphatic carbocycles. The molecule has 0 amide bonds. The first-order valence-corrected chi connectivity index (χ1v) is 9.75. The molecule has 0 aliphatic rings. The summed E-state index contributed by atoms with van der Waals surface area (Å²) in [5.74, 6) is 0. The van der Waals surface area contributed by atoms with E-state index >= 15 is 0 Å². The Hall–Kier alpha value is -2.76. The van der Waals surface area contributed by atoms with Crippen LogP contribution in [0.2, 0.25) is 0 Å². The van der Waals surface area contributed by atoms with E-state index in [4.69, 9.17) is 4.74 Å². The minimum Gasteiger partial charge on any atom is -0.483 e. The molecular weight excluding hydrogens is 380 g/mol. The highest BCUT2D eigenvalue weighted by Crippen LogP contribution is 2.40. The van der Waals surface area contributed by atoms with Crippen molar-refractivity contribution in [2.24, 2.45) is 4.40 Å². The second kappa shape index (κ2) is 9.80. The third-order valence-corrected chi connectivity index (χ3v) is 4.66. The van der Waals surface area contributed by atoms with Crippen LogP contribution in [-0.2, 0) is 14.8 Å². The second-order valence-electron chi connectivity index (χ2n) is 5.45. The van der Waals surface area contributed by atoms with Crippen LogP contribution in [-0.4, -0.2) is 44.4 Å². The highest BCUT2D eigenvalue weighted by atomic mass is 32.2. The van der Waals surface area contributed by atoms with Gasteiger partial charge in [-0.15, -0.1) is 4.40 Å². The van der Waals surface area contributed by atoms with Crippen LogP contribution in [0.15, 0.2) is 21.4 Å². The molecule has 0 atom stereocenters. The van der Waals surface area contributed by atoms with Crippen molar-refractivity contribution in [1.82, 2.24) is 0 Å². The standard InChI is InChI=1S/C15H22N4O7S/c1-4-7-17(8-5-2)15-13(18(20)21)9-12(10-14(15)19(22)23)27(24,25)16-11-26-6-3/h9-11H,4-8H2,1-3H3. The van der Waals surface area contributed by atoms with E-state index in [9.17, 15) is 28.6 Å². The van der Waals surface area contributed by atoms with Crippen molar-refractivity contribution in [3.63, 3.8) is 0 Å². The summed E-state index contributed by atoms with van der Waals surface area (Å²) in [5, 5.41) is 23.1. The molecule has 0 N–H and O–H groups in total. The quantitative estimate of drug-likeness (QED) is 0.238. The number of benzene rings is 1. The molecule has 1 aromatic rings. The zero-order valence-electron chi connectivity index (χ0n) is 15.3. The number of hydrogen-bond donors (Lipinski definition) is 0. The largest absolute Gasteiger partial charge is 0.483 e. The Morgan fingerprint density at radius 1 is 1.07 bits per heavy atom. The zero-order chi connectivity index (χ0) is 20.6. The van der Waals surface area contributed by atoms with Gasteiger partial charge >= 0.3 is 11.4 Å². The summed E-state index contributed by atoms with van der Waals surface area (Å²) < 4.78 is 32.5. The zero-order valence-corrected chi connectivity index (χ0v) is 16.1. The molecule has 150 valence electrons. The lowest BCUT2D eigenvalue weighted by Crippen LogP contribution is -2.26. The highest BCUT2D eigenvalue weighted by Gasteiger charge is 2.33. The summed E-state index contributed by atoms with van der Waals surface area (Å²) in [6.45, 7) is 6.15. The molecule has 1 rings (SSSR count). The monoisotopic (exact) mass is 402 g/mol. The maximum Gasteiger partial charge on any atom is 0.301 e. The van der Waals surface area contributed by atoms with E-state index in [1.165, 1.54) is 4.90 Å². The van der Waals surface area contributed by atoms with Crippen LogP contribution in [0.25, 0.3) is 0 Å². The van der Waals surface area contributed by atoms with Crippen molar-refractivity contribution in [2.45, 2.75) is 38.5 Å². The molecule has 0 aromatic heterocycles. The third-order valence-electron chi connectivity index (χ3n) is 3.46. The van der Waals surface area contributed by atoms with Crippen molar-refractivity contribution >= 4 is 33.5 Å². The van der Waals surface area contributed by atoms with E-state index in [-0.39, 0.29) is 12.3 Å². The fourth-order valence-corrected chi connectivity index (χ4v) is 3.25. The van der Waals surface area contributed by atoms with E-state index in [2.05, 4.69) is 4.40 Å². The predicted molar refractivity (Wildman–Crippen MR) is 99.8 cm³/mol. The normalized spacial score (nSPS) is 11.5. The lowest BCUT2D eigenvalue weighted by atomic mass is 10.2. The first-order valence-electron chi connectivity index (χ1n) is 8.31. The Labute approximate surface area is 157 Å². The molecule has 0 saturated heterocycles. The SMILES string of the molecule is CCCN(CCC)c1c([N+](=O)[O-])cc(S(=O)(=O)N=COCC)cc1[N+](=O)[O-]. The fourth-order valence-electron chi connectivity index (χ4n) is 2.43. The molecule has 0 heterocycles. The van der Waals surface area contributed by atoms with Crippen molar-refractivity contribution < 1.29 is 23.0 Å². The molecule has 0 bridgehead atoms. The van der Waals surface area contributed by atoms with Crippen molar-refractivity contribution in [3.8, 4) is 0 Å². The Balaban J connectivity index is 3.71. The topological polar surface area (TPSA) is 145 Å². The van der Waals surface area contributed by atoms with Gasteiger partial charge in [-0.3, -0.25) is 20.2 Å². The van der Waals surface area contributed by atoms with Gasteiger partial charge in [0.15, 0.2) is 12.1 Å². The molecule has 0 saturated carbocycles. The van der Waals surface area contributed by atoms with Gasteiger partial charge in [0, 0.05) is 25.2 Å². The van der Waals surface area contributed by atoms with Crippen molar-refractivity contribution in [3.05, 3.63) is 32.4 Å². The van der Waals surface area contributed by atoms with E-state index in [1.54, 1.807) is 6.92 Å². The van der Waals surface area contributed by atoms with Crippen LogP contribution < -0.4 is 4.90 Å². The van der Waals surface area contributed by atoms with Gasteiger partial charge in [0.2, 0.25) is 0 Å². The maximum absolute atomic E-state index is 12.3. The first-order chi connectivity index (χ1) is 12.7. The molecular formula is C15H22N4O7S. The smallest absolute Gasteiger partial charge is 0.301 e. The lowest BCUT2D eigenvalue weighted by molar-refractivity contribution is -0.393. The number of hydrogen-bond acceptors (Lipinski definition) is 8. The maximum atomic E-state index is 12.3. The van der Waals surface area contributed by atoms with Crippen LogP contribution >= 0.6 is 0 Å². The average Bonchev–Trinajstić information content (AvgIpc) is 2.60. The van der Waals surface area contributed by atoms with Gasteiger partial charge < -0.3 is 9.64 Å². The summed E-state index contributed by atoms with van der Waals surface area (Å²) in [6.07, 6.45) is 1.89. The number of rotatable bonds is 11. The Kier molecular flexibility index (Phi) is 8.09. The minimum atomic E-state index is -4.39.